The molecule has 1 N–H and O–H groups in total. The van der Waals surface area contributed by atoms with Gasteiger partial charge in [0.15, 0.2) is 0 Å². The number of amides is 2. The van der Waals surface area contributed by atoms with E-state index < -0.39 is 0 Å². The Morgan fingerprint density at radius 2 is 2.20 bits per heavy atom. The first kappa shape index (κ1) is 13.1. The van der Waals surface area contributed by atoms with E-state index in [-0.39, 0.29) is 30.3 Å². The normalized spacial score (nSPS) is 25.9. The molecular formula is C15H18N2O3. The summed E-state index contributed by atoms with van der Waals surface area (Å²) in [5.74, 6) is -0.434. The van der Waals surface area contributed by atoms with Crippen molar-refractivity contribution in [1.82, 2.24) is 4.90 Å². The third-order valence-electron chi connectivity index (χ3n) is 3.85. The second kappa shape index (κ2) is 5.25. The highest BCUT2D eigenvalue weighted by atomic mass is 16.5. The molecule has 1 aromatic carbocycles. The summed E-state index contributed by atoms with van der Waals surface area (Å²) in [7, 11) is 0. The summed E-state index contributed by atoms with van der Waals surface area (Å²) in [6.07, 6.45) is 0.280. The van der Waals surface area contributed by atoms with Crippen LogP contribution in [0.1, 0.15) is 24.8 Å². The van der Waals surface area contributed by atoms with Crippen LogP contribution in [0.4, 0.5) is 5.69 Å². The van der Waals surface area contributed by atoms with Gasteiger partial charge in [-0.1, -0.05) is 18.2 Å². The molecule has 0 aliphatic carbocycles. The quantitative estimate of drug-likeness (QED) is 0.841. The monoisotopic (exact) mass is 274 g/mol. The van der Waals surface area contributed by atoms with Gasteiger partial charge in [-0.15, -0.1) is 0 Å². The molecular weight excluding hydrogens is 256 g/mol. The van der Waals surface area contributed by atoms with Crippen LogP contribution in [0.2, 0.25) is 0 Å². The Morgan fingerprint density at radius 1 is 1.40 bits per heavy atom. The molecule has 2 atom stereocenters. The second-order valence-electron chi connectivity index (χ2n) is 5.36. The zero-order chi connectivity index (χ0) is 14.1. The summed E-state index contributed by atoms with van der Waals surface area (Å²) in [6.45, 7) is 3.72. The maximum absolute atomic E-state index is 12.7. The van der Waals surface area contributed by atoms with Gasteiger partial charge in [0.2, 0.25) is 11.8 Å². The maximum atomic E-state index is 12.7. The van der Waals surface area contributed by atoms with E-state index in [4.69, 9.17) is 4.74 Å². The predicted octanol–water partition coefficient (Wildman–Crippen LogP) is 1.36. The molecule has 1 fully saturated rings. The fourth-order valence-electron chi connectivity index (χ4n) is 2.87. The molecule has 0 aromatic heterocycles. The Balaban J connectivity index is 1.86. The highest BCUT2D eigenvalue weighted by Crippen LogP contribution is 2.33. The van der Waals surface area contributed by atoms with Crippen LogP contribution in [0.15, 0.2) is 24.3 Å². The first-order valence-corrected chi connectivity index (χ1v) is 6.94. The second-order valence-corrected chi connectivity index (χ2v) is 5.36. The number of ether oxygens (including phenoxy) is 1. The van der Waals surface area contributed by atoms with E-state index in [1.54, 1.807) is 0 Å². The number of carbonyl (C=O) groups excluding carboxylic acids is 2. The fraction of sp³-hybridized carbons (Fsp3) is 0.467. The molecule has 0 bridgehead atoms. The van der Waals surface area contributed by atoms with Crippen molar-refractivity contribution < 1.29 is 14.3 Å². The van der Waals surface area contributed by atoms with Gasteiger partial charge < -0.3 is 15.0 Å². The smallest absolute Gasteiger partial charge is 0.230 e. The molecule has 2 aliphatic heterocycles. The fourth-order valence-corrected chi connectivity index (χ4v) is 2.87. The van der Waals surface area contributed by atoms with E-state index in [0.717, 1.165) is 11.3 Å². The van der Waals surface area contributed by atoms with E-state index in [1.807, 2.05) is 36.1 Å². The minimum absolute atomic E-state index is 0.0300. The number of morpholine rings is 1. The van der Waals surface area contributed by atoms with Gasteiger partial charge in [0.05, 0.1) is 18.6 Å². The van der Waals surface area contributed by atoms with Crippen molar-refractivity contribution in [1.29, 1.82) is 0 Å². The SMILES string of the molecule is CC1CN(C(=O)C2CC(=O)Nc3ccccc32)CCO1. The van der Waals surface area contributed by atoms with Crippen LogP contribution >= 0.6 is 0 Å². The van der Waals surface area contributed by atoms with Crippen molar-refractivity contribution in [3.63, 3.8) is 0 Å². The van der Waals surface area contributed by atoms with Crippen molar-refractivity contribution >= 4 is 17.5 Å². The molecule has 2 heterocycles. The molecule has 1 saturated heterocycles. The van der Waals surface area contributed by atoms with Crippen molar-refractivity contribution in [2.24, 2.45) is 0 Å². The van der Waals surface area contributed by atoms with Crippen LogP contribution < -0.4 is 5.32 Å². The summed E-state index contributed by atoms with van der Waals surface area (Å²) in [4.78, 5) is 26.3. The number of nitrogens with one attached hydrogen (secondary N) is 1. The lowest BCUT2D eigenvalue weighted by molar-refractivity contribution is -0.141. The molecule has 2 unspecified atom stereocenters. The van der Waals surface area contributed by atoms with E-state index in [0.29, 0.717) is 19.7 Å². The number of benzene rings is 1. The zero-order valence-electron chi connectivity index (χ0n) is 11.5. The largest absolute Gasteiger partial charge is 0.375 e. The van der Waals surface area contributed by atoms with Gasteiger partial charge in [0.1, 0.15) is 0 Å². The number of rotatable bonds is 1. The number of carbonyl (C=O) groups is 2. The summed E-state index contributed by atoms with van der Waals surface area (Å²) < 4.78 is 5.46. The molecule has 3 rings (SSSR count). The number of hydrogen-bond acceptors (Lipinski definition) is 3. The Kier molecular flexibility index (Phi) is 3.44. The lowest BCUT2D eigenvalue weighted by Gasteiger charge is -2.35. The molecule has 0 saturated carbocycles. The maximum Gasteiger partial charge on any atom is 0.230 e. The zero-order valence-corrected chi connectivity index (χ0v) is 11.5. The minimum Gasteiger partial charge on any atom is -0.375 e. The van der Waals surface area contributed by atoms with E-state index >= 15 is 0 Å². The van der Waals surface area contributed by atoms with Crippen LogP contribution in [-0.4, -0.2) is 42.5 Å². The first-order chi connectivity index (χ1) is 9.65. The molecule has 1 aromatic rings. The number of fused-ring (bicyclic) bond motifs is 1. The van der Waals surface area contributed by atoms with Gasteiger partial charge in [0, 0.05) is 25.2 Å². The molecule has 5 nitrogen and oxygen atoms in total. The van der Waals surface area contributed by atoms with Crippen LogP contribution in [-0.2, 0) is 14.3 Å². The summed E-state index contributed by atoms with van der Waals surface area (Å²) in [6, 6.07) is 7.52. The topological polar surface area (TPSA) is 58.6 Å². The third kappa shape index (κ3) is 2.41. The molecule has 106 valence electrons. The Labute approximate surface area is 117 Å². The van der Waals surface area contributed by atoms with E-state index in [1.165, 1.54) is 0 Å². The highest BCUT2D eigenvalue weighted by Gasteiger charge is 2.34. The Morgan fingerprint density at radius 3 is 3.00 bits per heavy atom. The summed E-state index contributed by atoms with van der Waals surface area (Å²) in [5, 5.41) is 2.82. The molecule has 0 radical (unpaired) electrons. The van der Waals surface area contributed by atoms with Gasteiger partial charge in [-0.25, -0.2) is 0 Å². The first-order valence-electron chi connectivity index (χ1n) is 6.94. The lowest BCUT2D eigenvalue weighted by atomic mass is 9.89. The predicted molar refractivity (Wildman–Crippen MR) is 74.4 cm³/mol. The number of anilines is 1. The Bertz CT molecular complexity index is 544. The van der Waals surface area contributed by atoms with Crippen molar-refractivity contribution in [2.75, 3.05) is 25.0 Å². The van der Waals surface area contributed by atoms with Gasteiger partial charge in [0.25, 0.3) is 0 Å². The van der Waals surface area contributed by atoms with Crippen LogP contribution in [0.5, 0.6) is 0 Å². The third-order valence-corrected chi connectivity index (χ3v) is 3.85. The molecule has 5 heteroatoms. The average Bonchev–Trinajstić information content (AvgIpc) is 2.45. The van der Waals surface area contributed by atoms with Crippen LogP contribution in [0.3, 0.4) is 0 Å². The van der Waals surface area contributed by atoms with Gasteiger partial charge >= 0.3 is 0 Å². The summed E-state index contributed by atoms with van der Waals surface area (Å²) >= 11 is 0. The average molecular weight is 274 g/mol. The molecule has 20 heavy (non-hydrogen) atoms. The van der Waals surface area contributed by atoms with Crippen molar-refractivity contribution in [2.45, 2.75) is 25.4 Å². The van der Waals surface area contributed by atoms with Crippen LogP contribution in [0.25, 0.3) is 0 Å². The van der Waals surface area contributed by atoms with Crippen molar-refractivity contribution in [3.8, 4) is 0 Å². The van der Waals surface area contributed by atoms with Gasteiger partial charge in [-0.3, -0.25) is 9.59 Å². The Hall–Kier alpha value is -1.88. The summed E-state index contributed by atoms with van der Waals surface area (Å²) in [5.41, 5.74) is 1.67. The van der Waals surface area contributed by atoms with Gasteiger partial charge in [-0.2, -0.15) is 0 Å². The lowest BCUT2D eigenvalue weighted by Crippen LogP contribution is -2.47. The molecule has 2 aliphatic rings. The van der Waals surface area contributed by atoms with E-state index in [2.05, 4.69) is 5.32 Å². The highest BCUT2D eigenvalue weighted by molar-refractivity contribution is 6.01. The number of para-hydroxylation sites is 1. The standard InChI is InChI=1S/C15H18N2O3/c1-10-9-17(6-7-20-10)15(19)12-8-14(18)16-13-5-3-2-4-11(12)13/h2-5,10,12H,6-9H2,1H3,(H,16,18). The molecule has 2 amide bonds. The number of nitrogens with zero attached hydrogens (tertiary/aromatic N) is 1. The molecule has 0 spiro atoms. The van der Waals surface area contributed by atoms with E-state index in [9.17, 15) is 9.59 Å². The number of hydrogen-bond donors (Lipinski definition) is 1. The minimum atomic E-state index is -0.370. The van der Waals surface area contributed by atoms with Gasteiger partial charge in [-0.05, 0) is 18.6 Å². The van der Waals surface area contributed by atoms with Crippen LogP contribution in [0, 0.1) is 0 Å². The van der Waals surface area contributed by atoms with Crippen molar-refractivity contribution in [3.05, 3.63) is 29.8 Å².